The van der Waals surface area contributed by atoms with E-state index in [1.807, 2.05) is 24.3 Å². The number of halogens is 2. The van der Waals surface area contributed by atoms with Gasteiger partial charge in [-0.1, -0.05) is 21.1 Å². The Labute approximate surface area is 185 Å². The van der Waals surface area contributed by atoms with Crippen molar-refractivity contribution in [3.8, 4) is 23.1 Å². The Bertz CT molecular complexity index is 1180. The summed E-state index contributed by atoms with van der Waals surface area (Å²) in [5, 5.41) is 3.89. The number of oxazole rings is 1. The third kappa shape index (κ3) is 5.46. The van der Waals surface area contributed by atoms with Gasteiger partial charge in [-0.15, -0.1) is 0 Å². The maximum absolute atomic E-state index is 12.9. The molecule has 0 saturated heterocycles. The molecule has 2 aromatic carbocycles. The Morgan fingerprint density at radius 1 is 1.06 bits per heavy atom. The molecule has 0 spiro atoms. The number of nitrogens with two attached hydrogens (primary N) is 1. The maximum atomic E-state index is 12.9. The summed E-state index contributed by atoms with van der Waals surface area (Å²) in [6.07, 6.45) is 3.01. The van der Waals surface area contributed by atoms with E-state index >= 15 is 0 Å². The average molecular weight is 483 g/mol. The number of hydrogen-bond acceptors (Lipinski definition) is 6. The van der Waals surface area contributed by atoms with Crippen LogP contribution in [0, 0.1) is 5.82 Å². The average Bonchev–Trinajstić information content (AvgIpc) is 3.25. The van der Waals surface area contributed by atoms with Crippen LogP contribution in [0.2, 0.25) is 0 Å². The number of hydrogen-bond donors (Lipinski definition) is 1. The van der Waals surface area contributed by atoms with E-state index in [1.165, 1.54) is 36.7 Å². The lowest BCUT2D eigenvalue weighted by Gasteiger charge is -2.05. The molecule has 156 valence electrons. The van der Waals surface area contributed by atoms with Crippen LogP contribution in [-0.4, -0.2) is 15.8 Å². The van der Waals surface area contributed by atoms with Gasteiger partial charge in [-0.05, 0) is 54.6 Å². The summed E-state index contributed by atoms with van der Waals surface area (Å²) in [4.78, 5) is 13.8. The Morgan fingerprint density at radius 3 is 2.55 bits per heavy atom. The van der Waals surface area contributed by atoms with Crippen LogP contribution in [0.1, 0.15) is 11.3 Å². The van der Waals surface area contributed by atoms with E-state index < -0.39 is 0 Å². The lowest BCUT2D eigenvalue weighted by molar-refractivity contribution is 0.127. The summed E-state index contributed by atoms with van der Waals surface area (Å²) in [7, 11) is 0. The highest BCUT2D eigenvalue weighted by atomic mass is 79.9. The van der Waals surface area contributed by atoms with E-state index in [0.29, 0.717) is 28.8 Å². The fourth-order valence-corrected chi connectivity index (χ4v) is 2.80. The van der Waals surface area contributed by atoms with Gasteiger partial charge in [0.2, 0.25) is 11.8 Å². The van der Waals surface area contributed by atoms with Crippen LogP contribution in [-0.2, 0) is 11.4 Å². The molecule has 0 aliphatic carbocycles. The molecule has 0 radical (unpaired) electrons. The number of amidine groups is 1. The molecule has 0 aliphatic rings. The Hall–Kier alpha value is -3.72. The second kappa shape index (κ2) is 9.40. The standard InChI is InChI=1S/C22H16BrFN4O3/c23-16-4-1-14(2-5-16)22-27-18(12-29-22)13-30-28-21(25)15-3-10-20(26-11-15)31-19-8-6-17(24)7-9-19/h1-12H,13H2,(H2,25,28). The van der Waals surface area contributed by atoms with E-state index in [4.69, 9.17) is 19.7 Å². The monoisotopic (exact) mass is 482 g/mol. The highest BCUT2D eigenvalue weighted by Gasteiger charge is 2.08. The van der Waals surface area contributed by atoms with Crippen LogP contribution >= 0.6 is 15.9 Å². The smallest absolute Gasteiger partial charge is 0.226 e. The summed E-state index contributed by atoms with van der Waals surface area (Å²) < 4.78 is 24.9. The zero-order chi connectivity index (χ0) is 21.6. The summed E-state index contributed by atoms with van der Waals surface area (Å²) in [5.74, 6) is 1.12. The van der Waals surface area contributed by atoms with E-state index in [-0.39, 0.29) is 18.3 Å². The number of ether oxygens (including phenoxy) is 1. The first-order valence-corrected chi connectivity index (χ1v) is 9.92. The van der Waals surface area contributed by atoms with Crippen molar-refractivity contribution in [1.29, 1.82) is 0 Å². The molecule has 0 amide bonds. The highest BCUT2D eigenvalue weighted by Crippen LogP contribution is 2.22. The van der Waals surface area contributed by atoms with Crippen LogP contribution in [0.5, 0.6) is 11.6 Å². The van der Waals surface area contributed by atoms with Gasteiger partial charge in [-0.2, -0.15) is 0 Å². The summed E-state index contributed by atoms with van der Waals surface area (Å²) >= 11 is 3.39. The van der Waals surface area contributed by atoms with Gasteiger partial charge in [0.05, 0.1) is 0 Å². The van der Waals surface area contributed by atoms with Gasteiger partial charge in [-0.3, -0.25) is 0 Å². The van der Waals surface area contributed by atoms with Crippen molar-refractivity contribution >= 4 is 21.8 Å². The van der Waals surface area contributed by atoms with E-state index in [1.54, 1.807) is 12.1 Å². The van der Waals surface area contributed by atoms with Crippen LogP contribution in [0.3, 0.4) is 0 Å². The lowest BCUT2D eigenvalue weighted by atomic mass is 10.2. The van der Waals surface area contributed by atoms with Gasteiger partial charge in [0.1, 0.15) is 23.5 Å². The minimum atomic E-state index is -0.338. The Balaban J connectivity index is 1.33. The summed E-state index contributed by atoms with van der Waals surface area (Å²) in [6, 6.07) is 16.6. The minimum Gasteiger partial charge on any atom is -0.444 e. The van der Waals surface area contributed by atoms with Crippen molar-refractivity contribution in [2.45, 2.75) is 6.61 Å². The Kier molecular flexibility index (Phi) is 6.23. The van der Waals surface area contributed by atoms with Crippen LogP contribution in [0.15, 0.2) is 87.2 Å². The third-order valence-electron chi connectivity index (χ3n) is 4.09. The molecule has 2 heterocycles. The normalized spacial score (nSPS) is 11.4. The van der Waals surface area contributed by atoms with Gasteiger partial charge >= 0.3 is 0 Å². The van der Waals surface area contributed by atoms with Crippen LogP contribution in [0.25, 0.3) is 11.5 Å². The maximum Gasteiger partial charge on any atom is 0.226 e. The topological polar surface area (TPSA) is 95.8 Å². The molecule has 0 fully saturated rings. The van der Waals surface area contributed by atoms with Crippen LogP contribution in [0.4, 0.5) is 4.39 Å². The van der Waals surface area contributed by atoms with Crippen molar-refractivity contribution < 1.29 is 18.4 Å². The molecular formula is C22H16BrFN4O3. The van der Waals surface area contributed by atoms with Gasteiger partial charge < -0.3 is 19.7 Å². The fourth-order valence-electron chi connectivity index (χ4n) is 2.53. The Morgan fingerprint density at radius 2 is 1.84 bits per heavy atom. The molecule has 4 aromatic rings. The van der Waals surface area contributed by atoms with Crippen LogP contribution < -0.4 is 10.5 Å². The molecule has 2 N–H and O–H groups in total. The van der Waals surface area contributed by atoms with E-state index in [9.17, 15) is 4.39 Å². The first-order chi connectivity index (χ1) is 15.1. The second-order valence-electron chi connectivity index (χ2n) is 6.34. The molecule has 0 bridgehead atoms. The third-order valence-corrected chi connectivity index (χ3v) is 4.62. The molecule has 0 unspecified atom stereocenters. The molecule has 4 rings (SSSR count). The van der Waals surface area contributed by atoms with Crippen molar-refractivity contribution in [1.82, 2.24) is 9.97 Å². The molecule has 0 aliphatic heterocycles. The molecule has 31 heavy (non-hydrogen) atoms. The first-order valence-electron chi connectivity index (χ1n) is 9.12. The number of pyridine rings is 1. The zero-order valence-corrected chi connectivity index (χ0v) is 17.6. The number of benzene rings is 2. The van der Waals surface area contributed by atoms with Crippen molar-refractivity contribution in [3.05, 3.63) is 94.7 Å². The summed E-state index contributed by atoms with van der Waals surface area (Å²) in [6.45, 7) is 0.0971. The number of rotatable bonds is 7. The molecule has 2 aromatic heterocycles. The van der Waals surface area contributed by atoms with Gasteiger partial charge in [0.15, 0.2) is 12.4 Å². The summed E-state index contributed by atoms with van der Waals surface area (Å²) in [5.41, 5.74) is 7.93. The molecule has 9 heteroatoms. The fraction of sp³-hybridized carbons (Fsp3) is 0.0455. The SMILES string of the molecule is N/C(=N/OCc1coc(-c2ccc(Br)cc2)n1)c1ccc(Oc2ccc(F)cc2)nc1. The number of nitrogens with zero attached hydrogens (tertiary/aromatic N) is 3. The first kappa shape index (κ1) is 20.5. The predicted molar refractivity (Wildman–Crippen MR) is 116 cm³/mol. The van der Waals surface area contributed by atoms with Crippen molar-refractivity contribution in [2.24, 2.45) is 10.9 Å². The minimum absolute atomic E-state index is 0.0971. The molecule has 0 atom stereocenters. The van der Waals surface area contributed by atoms with Gasteiger partial charge in [-0.25, -0.2) is 14.4 Å². The van der Waals surface area contributed by atoms with E-state index in [2.05, 4.69) is 31.1 Å². The quantitative estimate of drug-likeness (QED) is 0.219. The molecular weight excluding hydrogens is 467 g/mol. The number of aromatic nitrogens is 2. The molecule has 7 nitrogen and oxygen atoms in total. The number of oxime groups is 1. The van der Waals surface area contributed by atoms with Crippen molar-refractivity contribution in [3.63, 3.8) is 0 Å². The lowest BCUT2D eigenvalue weighted by Crippen LogP contribution is -2.14. The predicted octanol–water partition coefficient (Wildman–Crippen LogP) is 5.27. The largest absolute Gasteiger partial charge is 0.444 e. The zero-order valence-electron chi connectivity index (χ0n) is 16.0. The highest BCUT2D eigenvalue weighted by molar-refractivity contribution is 9.10. The van der Waals surface area contributed by atoms with E-state index in [0.717, 1.165) is 10.0 Å². The van der Waals surface area contributed by atoms with Gasteiger partial charge in [0.25, 0.3) is 0 Å². The second-order valence-corrected chi connectivity index (χ2v) is 7.26. The van der Waals surface area contributed by atoms with Gasteiger partial charge in [0, 0.05) is 27.9 Å². The van der Waals surface area contributed by atoms with Crippen molar-refractivity contribution in [2.75, 3.05) is 0 Å². The molecule has 0 saturated carbocycles.